The summed E-state index contributed by atoms with van der Waals surface area (Å²) in [5.41, 5.74) is 1.00. The third-order valence-corrected chi connectivity index (χ3v) is 10.2. The molecule has 3 heterocycles. The van der Waals surface area contributed by atoms with Crippen molar-refractivity contribution in [2.24, 2.45) is 5.92 Å². The second kappa shape index (κ2) is 15.5. The quantitative estimate of drug-likeness (QED) is 0.0652. The van der Waals surface area contributed by atoms with Crippen LogP contribution in [0.1, 0.15) is 56.4 Å². The minimum atomic E-state index is -3.85. The lowest BCUT2D eigenvalue weighted by atomic mass is 10.0. The first kappa shape index (κ1) is 37.7. The van der Waals surface area contributed by atoms with Crippen molar-refractivity contribution in [2.75, 3.05) is 23.7 Å². The van der Waals surface area contributed by atoms with Gasteiger partial charge in [0.05, 0.1) is 36.2 Å². The SMILES string of the molecule is CS(=O)(=O)N(Cc1ccncc1)c1ccc2c(c1)C(=O)N(CC(=O)OC(Cc1c(Cl)c[n+]([O-])cc1Cl)c1ccc(OC(F)F)c(OCC3CC3)c1)C2=O. The minimum Gasteiger partial charge on any atom is -0.619 e. The number of esters is 1. The third-order valence-electron chi connectivity index (χ3n) is 8.45. The lowest BCUT2D eigenvalue weighted by molar-refractivity contribution is -0.605. The highest BCUT2D eigenvalue weighted by atomic mass is 35.5. The van der Waals surface area contributed by atoms with Crippen molar-refractivity contribution >= 4 is 56.7 Å². The van der Waals surface area contributed by atoms with Crippen LogP contribution in [-0.4, -0.2) is 62.1 Å². The molecule has 278 valence electrons. The van der Waals surface area contributed by atoms with E-state index >= 15 is 0 Å². The van der Waals surface area contributed by atoms with Crippen molar-refractivity contribution in [3.8, 4) is 11.5 Å². The zero-order chi connectivity index (χ0) is 38.0. The number of anilines is 1. The summed E-state index contributed by atoms with van der Waals surface area (Å²) < 4.78 is 69.6. The molecular formula is C35H30Cl2F2N4O9S. The Kier molecular flexibility index (Phi) is 11.0. The summed E-state index contributed by atoms with van der Waals surface area (Å²) in [5.74, 6) is -2.77. The van der Waals surface area contributed by atoms with Crippen molar-refractivity contribution in [1.82, 2.24) is 9.88 Å². The van der Waals surface area contributed by atoms with Crippen LogP contribution in [0.5, 0.6) is 11.5 Å². The van der Waals surface area contributed by atoms with Crippen molar-refractivity contribution in [1.29, 1.82) is 0 Å². The van der Waals surface area contributed by atoms with E-state index in [-0.39, 0.29) is 75.0 Å². The van der Waals surface area contributed by atoms with Crippen molar-refractivity contribution in [3.63, 3.8) is 0 Å². The number of pyridine rings is 2. The Morgan fingerprint density at radius 3 is 2.34 bits per heavy atom. The number of carbonyl (C=O) groups is 3. The monoisotopic (exact) mass is 790 g/mol. The molecule has 0 N–H and O–H groups in total. The molecule has 0 bridgehead atoms. The minimum absolute atomic E-state index is 0.0402. The molecule has 1 unspecified atom stereocenters. The number of halogens is 4. The van der Waals surface area contributed by atoms with Gasteiger partial charge in [-0.1, -0.05) is 29.3 Å². The average molecular weight is 792 g/mol. The Balaban J connectivity index is 1.26. The van der Waals surface area contributed by atoms with Gasteiger partial charge >= 0.3 is 12.6 Å². The maximum Gasteiger partial charge on any atom is 0.387 e. The number of sulfonamides is 1. The first-order chi connectivity index (χ1) is 25.2. The van der Waals surface area contributed by atoms with E-state index in [4.69, 9.17) is 32.7 Å². The molecule has 2 aromatic heterocycles. The molecule has 0 spiro atoms. The fraction of sp³-hybridized carbons (Fsp3) is 0.286. The molecule has 18 heteroatoms. The van der Waals surface area contributed by atoms with Crippen LogP contribution in [-0.2, 0) is 32.5 Å². The van der Waals surface area contributed by atoms with E-state index < -0.39 is 47.1 Å². The largest absolute Gasteiger partial charge is 0.619 e. The summed E-state index contributed by atoms with van der Waals surface area (Å²) in [6.45, 7) is -3.84. The standard InChI is InChI=1S/C35H30Cl2F2N4O9S/c1-53(48,49)43(15-20-8-10-40-11-9-20)23-5-6-24-25(13-23)34(46)42(33(24)45)18-32(44)51-30(14-26-27(36)16-41(47)17-28(26)37)22-4-7-29(52-35(38)39)31(12-22)50-19-21-2-3-21/h4-13,16-17,21,30,35H,2-3,14-15,18-19H2,1H3. The molecule has 53 heavy (non-hydrogen) atoms. The molecule has 6 rings (SSSR count). The van der Waals surface area contributed by atoms with Gasteiger partial charge in [0.1, 0.15) is 22.7 Å². The molecule has 1 aliphatic carbocycles. The fourth-order valence-electron chi connectivity index (χ4n) is 5.62. The zero-order valence-electron chi connectivity index (χ0n) is 27.8. The number of aromatic nitrogens is 2. The Morgan fingerprint density at radius 1 is 1.02 bits per heavy atom. The molecule has 0 saturated heterocycles. The molecule has 1 aliphatic heterocycles. The van der Waals surface area contributed by atoms with E-state index in [1.54, 1.807) is 12.1 Å². The zero-order valence-corrected chi connectivity index (χ0v) is 30.1. The molecule has 2 aromatic carbocycles. The first-order valence-electron chi connectivity index (χ1n) is 16.0. The van der Waals surface area contributed by atoms with E-state index in [0.29, 0.717) is 15.2 Å². The van der Waals surface area contributed by atoms with Gasteiger partial charge in [-0.25, -0.2) is 8.42 Å². The summed E-state index contributed by atoms with van der Waals surface area (Å²) in [7, 11) is -3.85. The second-order valence-electron chi connectivity index (χ2n) is 12.4. The summed E-state index contributed by atoms with van der Waals surface area (Å²) >= 11 is 12.7. The number of hydrogen-bond donors (Lipinski definition) is 0. The van der Waals surface area contributed by atoms with Crippen LogP contribution in [0.2, 0.25) is 10.0 Å². The maximum absolute atomic E-state index is 13.6. The molecule has 1 fully saturated rings. The Morgan fingerprint density at radius 2 is 1.70 bits per heavy atom. The number of fused-ring (bicyclic) bond motifs is 1. The summed E-state index contributed by atoms with van der Waals surface area (Å²) in [6.07, 6.45) is 6.46. The van der Waals surface area contributed by atoms with Crippen molar-refractivity contribution in [2.45, 2.75) is 38.5 Å². The van der Waals surface area contributed by atoms with Gasteiger partial charge in [0.15, 0.2) is 23.9 Å². The first-order valence-corrected chi connectivity index (χ1v) is 18.6. The van der Waals surface area contributed by atoms with Crippen LogP contribution in [0.15, 0.2) is 73.3 Å². The van der Waals surface area contributed by atoms with Gasteiger partial charge in [-0.15, -0.1) is 0 Å². The molecule has 2 aliphatic rings. The van der Waals surface area contributed by atoms with Crippen LogP contribution < -0.4 is 18.5 Å². The topological polar surface area (TPSA) is 159 Å². The third kappa shape index (κ3) is 8.95. The van der Waals surface area contributed by atoms with Gasteiger partial charge < -0.3 is 19.4 Å². The van der Waals surface area contributed by atoms with Crippen molar-refractivity contribution < 1.29 is 50.5 Å². The number of hydrogen-bond acceptors (Lipinski definition) is 10. The molecule has 1 saturated carbocycles. The number of carbonyl (C=O) groups excluding carboxylic acids is 3. The molecule has 1 atom stereocenters. The summed E-state index contributed by atoms with van der Waals surface area (Å²) in [5, 5.41) is 11.8. The highest BCUT2D eigenvalue weighted by molar-refractivity contribution is 7.92. The smallest absolute Gasteiger partial charge is 0.387 e. The van der Waals surface area contributed by atoms with Crippen LogP contribution in [0, 0.1) is 11.1 Å². The second-order valence-corrected chi connectivity index (χ2v) is 15.1. The Hall–Kier alpha value is -5.06. The Labute approximate surface area is 312 Å². The number of rotatable bonds is 15. The van der Waals surface area contributed by atoms with E-state index in [0.717, 1.165) is 35.8 Å². The average Bonchev–Trinajstić information content (AvgIpc) is 3.90. The van der Waals surface area contributed by atoms with Gasteiger partial charge in [-0.2, -0.15) is 13.5 Å². The van der Waals surface area contributed by atoms with Gasteiger partial charge in [0, 0.05) is 24.4 Å². The predicted molar refractivity (Wildman–Crippen MR) is 186 cm³/mol. The summed E-state index contributed by atoms with van der Waals surface area (Å²) in [4.78, 5) is 45.1. The normalized spacial score (nSPS) is 14.6. The lowest BCUT2D eigenvalue weighted by Gasteiger charge is -2.23. The molecule has 2 amide bonds. The Bertz CT molecular complexity index is 2150. The number of benzene rings is 2. The van der Waals surface area contributed by atoms with Gasteiger partial charge in [-0.3, -0.25) is 28.6 Å². The highest BCUT2D eigenvalue weighted by Gasteiger charge is 2.38. The van der Waals surface area contributed by atoms with E-state index in [1.807, 2.05) is 0 Å². The van der Waals surface area contributed by atoms with E-state index in [9.17, 15) is 36.8 Å². The maximum atomic E-state index is 13.6. The molecule has 0 radical (unpaired) electrons. The van der Waals surface area contributed by atoms with Crippen molar-refractivity contribution in [3.05, 3.63) is 116 Å². The number of alkyl halides is 2. The van der Waals surface area contributed by atoms with Crippen LogP contribution >= 0.6 is 23.2 Å². The van der Waals surface area contributed by atoms with Gasteiger partial charge in [-0.05, 0) is 72.4 Å². The number of nitrogens with zero attached hydrogens (tertiary/aromatic N) is 4. The molecule has 4 aromatic rings. The van der Waals surface area contributed by atoms with Gasteiger partial charge in [0.2, 0.25) is 10.0 Å². The van der Waals surface area contributed by atoms with E-state index in [1.165, 1.54) is 48.8 Å². The summed E-state index contributed by atoms with van der Waals surface area (Å²) in [6, 6.07) is 11.2. The molecule has 13 nitrogen and oxygen atoms in total. The number of imide groups is 1. The number of ether oxygens (including phenoxy) is 3. The van der Waals surface area contributed by atoms with Gasteiger partial charge in [0.25, 0.3) is 11.8 Å². The lowest BCUT2D eigenvalue weighted by Crippen LogP contribution is -2.36. The number of amides is 2. The van der Waals surface area contributed by atoms with Crippen LogP contribution in [0.4, 0.5) is 14.5 Å². The van der Waals surface area contributed by atoms with Crippen LogP contribution in [0.3, 0.4) is 0 Å². The van der Waals surface area contributed by atoms with Crippen LogP contribution in [0.25, 0.3) is 0 Å². The fourth-order valence-corrected chi connectivity index (χ4v) is 7.10. The molecular weight excluding hydrogens is 761 g/mol. The van der Waals surface area contributed by atoms with E-state index in [2.05, 4.69) is 9.72 Å². The predicted octanol–water partition coefficient (Wildman–Crippen LogP) is 5.50. The highest BCUT2D eigenvalue weighted by Crippen LogP contribution is 2.38.